The summed E-state index contributed by atoms with van der Waals surface area (Å²) in [7, 11) is 3.58. The Morgan fingerprint density at radius 3 is 2.83 bits per heavy atom. The number of nitrogens with zero attached hydrogens (tertiary/aromatic N) is 1. The van der Waals surface area contributed by atoms with Crippen molar-refractivity contribution in [2.45, 2.75) is 13.3 Å². The number of methoxy groups -OCH3 is 1. The lowest BCUT2D eigenvalue weighted by Crippen LogP contribution is -2.20. The van der Waals surface area contributed by atoms with Gasteiger partial charge in [0.05, 0.1) is 7.11 Å². The van der Waals surface area contributed by atoms with Gasteiger partial charge in [-0.1, -0.05) is 6.92 Å². The molecule has 3 nitrogen and oxygen atoms in total. The Morgan fingerprint density at radius 1 is 1.39 bits per heavy atom. The minimum atomic E-state index is -0.330. The molecule has 0 aliphatic rings. The SMILES string of the molecule is CCN(C)CCc1c[nH]c2cc(F)c(OC)cc12. The molecule has 2 rings (SSSR count). The van der Waals surface area contributed by atoms with E-state index in [1.807, 2.05) is 6.20 Å². The summed E-state index contributed by atoms with van der Waals surface area (Å²) in [5.74, 6) is -0.0312. The lowest BCUT2D eigenvalue weighted by Gasteiger charge is -2.12. The van der Waals surface area contributed by atoms with Gasteiger partial charge in [-0.2, -0.15) is 0 Å². The highest BCUT2D eigenvalue weighted by molar-refractivity contribution is 5.84. The smallest absolute Gasteiger partial charge is 0.167 e. The van der Waals surface area contributed by atoms with Gasteiger partial charge in [-0.25, -0.2) is 4.39 Å². The fraction of sp³-hybridized carbons (Fsp3) is 0.429. The zero-order valence-electron chi connectivity index (χ0n) is 11.1. The highest BCUT2D eigenvalue weighted by Gasteiger charge is 2.10. The second kappa shape index (κ2) is 5.40. The predicted molar refractivity (Wildman–Crippen MR) is 71.7 cm³/mol. The number of ether oxygens (including phenoxy) is 1. The van der Waals surface area contributed by atoms with Gasteiger partial charge in [0.15, 0.2) is 11.6 Å². The van der Waals surface area contributed by atoms with E-state index >= 15 is 0 Å². The maximum absolute atomic E-state index is 13.5. The van der Waals surface area contributed by atoms with Crippen LogP contribution >= 0.6 is 0 Å². The van der Waals surface area contributed by atoms with Crippen LogP contribution in [0.3, 0.4) is 0 Å². The first-order chi connectivity index (χ1) is 8.65. The van der Waals surface area contributed by atoms with Gasteiger partial charge in [-0.15, -0.1) is 0 Å². The molecule has 98 valence electrons. The molecule has 0 unspecified atom stereocenters. The third-order valence-electron chi connectivity index (χ3n) is 3.34. The molecule has 0 atom stereocenters. The fourth-order valence-corrected chi connectivity index (χ4v) is 2.01. The van der Waals surface area contributed by atoms with Crippen LogP contribution in [-0.4, -0.2) is 37.1 Å². The van der Waals surface area contributed by atoms with Crippen molar-refractivity contribution in [3.63, 3.8) is 0 Å². The van der Waals surface area contributed by atoms with E-state index in [1.54, 1.807) is 6.07 Å². The van der Waals surface area contributed by atoms with E-state index < -0.39 is 0 Å². The van der Waals surface area contributed by atoms with Gasteiger partial charge in [-0.3, -0.25) is 0 Å². The molecule has 18 heavy (non-hydrogen) atoms. The van der Waals surface area contributed by atoms with Crippen molar-refractivity contribution in [3.8, 4) is 5.75 Å². The van der Waals surface area contributed by atoms with Crippen LogP contribution in [0.2, 0.25) is 0 Å². The van der Waals surface area contributed by atoms with Crippen molar-refractivity contribution < 1.29 is 9.13 Å². The summed E-state index contributed by atoms with van der Waals surface area (Å²) in [5, 5.41) is 1.04. The van der Waals surface area contributed by atoms with Gasteiger partial charge in [0.2, 0.25) is 0 Å². The number of aromatic nitrogens is 1. The molecule has 4 heteroatoms. The summed E-state index contributed by atoms with van der Waals surface area (Å²) < 4.78 is 18.6. The highest BCUT2D eigenvalue weighted by Crippen LogP contribution is 2.27. The van der Waals surface area contributed by atoms with E-state index in [1.165, 1.54) is 18.7 Å². The Hall–Kier alpha value is -1.55. The first-order valence-electron chi connectivity index (χ1n) is 6.17. The van der Waals surface area contributed by atoms with Crippen LogP contribution in [0.15, 0.2) is 18.3 Å². The molecule has 0 spiro atoms. The van der Waals surface area contributed by atoms with E-state index in [4.69, 9.17) is 4.74 Å². The van der Waals surface area contributed by atoms with Gasteiger partial charge >= 0.3 is 0 Å². The number of rotatable bonds is 5. The first-order valence-corrected chi connectivity index (χ1v) is 6.17. The summed E-state index contributed by atoms with van der Waals surface area (Å²) in [6, 6.07) is 3.25. The maximum atomic E-state index is 13.5. The van der Waals surface area contributed by atoms with Crippen LogP contribution in [0, 0.1) is 5.82 Å². The number of hydrogen-bond donors (Lipinski definition) is 1. The van der Waals surface area contributed by atoms with Crippen molar-refractivity contribution in [2.24, 2.45) is 0 Å². The molecule has 0 radical (unpaired) electrons. The van der Waals surface area contributed by atoms with Crippen molar-refractivity contribution in [2.75, 3.05) is 27.2 Å². The Morgan fingerprint density at radius 2 is 2.17 bits per heavy atom. The molecule has 0 fully saturated rings. The molecule has 0 aliphatic heterocycles. The van der Waals surface area contributed by atoms with E-state index in [-0.39, 0.29) is 5.82 Å². The summed E-state index contributed by atoms with van der Waals surface area (Å²) in [6.07, 6.45) is 2.90. The minimum absolute atomic E-state index is 0.298. The molecule has 1 aromatic carbocycles. The molecule has 0 saturated heterocycles. The lowest BCUT2D eigenvalue weighted by atomic mass is 10.1. The van der Waals surface area contributed by atoms with E-state index in [2.05, 4.69) is 23.9 Å². The van der Waals surface area contributed by atoms with Gasteiger partial charge in [-0.05, 0) is 31.6 Å². The molecule has 0 bridgehead atoms. The molecular weight excluding hydrogens is 231 g/mol. The Labute approximate surface area is 107 Å². The Bertz CT molecular complexity index is 536. The number of halogens is 1. The maximum Gasteiger partial charge on any atom is 0.167 e. The number of hydrogen-bond acceptors (Lipinski definition) is 2. The minimum Gasteiger partial charge on any atom is -0.494 e. The topological polar surface area (TPSA) is 28.3 Å². The quantitative estimate of drug-likeness (QED) is 0.883. The van der Waals surface area contributed by atoms with Gasteiger partial charge in [0.25, 0.3) is 0 Å². The predicted octanol–water partition coefficient (Wildman–Crippen LogP) is 2.81. The van der Waals surface area contributed by atoms with E-state index in [0.29, 0.717) is 5.75 Å². The number of nitrogens with one attached hydrogen (secondary N) is 1. The molecule has 1 N–H and O–H groups in total. The van der Waals surface area contributed by atoms with E-state index in [0.717, 1.165) is 30.4 Å². The highest BCUT2D eigenvalue weighted by atomic mass is 19.1. The molecule has 0 amide bonds. The van der Waals surface area contributed by atoms with Crippen LogP contribution in [0.4, 0.5) is 4.39 Å². The molecule has 0 aliphatic carbocycles. The number of likely N-dealkylation sites (N-methyl/N-ethyl adjacent to an activating group) is 1. The number of benzene rings is 1. The van der Waals surface area contributed by atoms with Gasteiger partial charge in [0.1, 0.15) is 0 Å². The first kappa shape index (κ1) is 12.9. The number of aromatic amines is 1. The van der Waals surface area contributed by atoms with Gasteiger partial charge in [0, 0.05) is 29.7 Å². The average Bonchev–Trinajstić information content (AvgIpc) is 2.76. The summed E-state index contributed by atoms with van der Waals surface area (Å²) in [6.45, 7) is 4.15. The number of fused-ring (bicyclic) bond motifs is 1. The number of H-pyrrole nitrogens is 1. The molecular formula is C14H19FN2O. The normalized spacial score (nSPS) is 11.4. The second-order valence-corrected chi connectivity index (χ2v) is 4.49. The Balaban J connectivity index is 2.29. The fourth-order valence-electron chi connectivity index (χ4n) is 2.01. The molecule has 2 aromatic rings. The summed E-state index contributed by atoms with van der Waals surface area (Å²) >= 11 is 0. The van der Waals surface area contributed by atoms with Crippen LogP contribution in [0.5, 0.6) is 5.75 Å². The third-order valence-corrected chi connectivity index (χ3v) is 3.34. The standard InChI is InChI=1S/C14H19FN2O/c1-4-17(2)6-5-10-9-16-13-8-12(15)14(18-3)7-11(10)13/h7-9,16H,4-6H2,1-3H3. The molecule has 1 aromatic heterocycles. The average molecular weight is 250 g/mol. The van der Waals surface area contributed by atoms with Crippen LogP contribution in [0.25, 0.3) is 10.9 Å². The van der Waals surface area contributed by atoms with E-state index in [9.17, 15) is 4.39 Å². The van der Waals surface area contributed by atoms with Crippen LogP contribution in [0.1, 0.15) is 12.5 Å². The summed E-state index contributed by atoms with van der Waals surface area (Å²) in [5.41, 5.74) is 2.02. The van der Waals surface area contributed by atoms with Crippen molar-refractivity contribution in [3.05, 3.63) is 29.7 Å². The monoisotopic (exact) mass is 250 g/mol. The zero-order valence-corrected chi connectivity index (χ0v) is 11.1. The zero-order chi connectivity index (χ0) is 13.1. The van der Waals surface area contributed by atoms with Crippen LogP contribution in [-0.2, 0) is 6.42 Å². The van der Waals surface area contributed by atoms with Crippen molar-refractivity contribution in [1.29, 1.82) is 0 Å². The lowest BCUT2D eigenvalue weighted by molar-refractivity contribution is 0.358. The Kier molecular flexibility index (Phi) is 3.87. The molecule has 0 saturated carbocycles. The van der Waals surface area contributed by atoms with Crippen molar-refractivity contribution >= 4 is 10.9 Å². The van der Waals surface area contributed by atoms with Crippen LogP contribution < -0.4 is 4.74 Å². The molecule has 1 heterocycles. The largest absolute Gasteiger partial charge is 0.494 e. The third kappa shape index (κ3) is 2.48. The second-order valence-electron chi connectivity index (χ2n) is 4.49. The summed E-state index contributed by atoms with van der Waals surface area (Å²) in [4.78, 5) is 5.36. The van der Waals surface area contributed by atoms with Gasteiger partial charge < -0.3 is 14.6 Å². The van der Waals surface area contributed by atoms with Crippen molar-refractivity contribution in [1.82, 2.24) is 9.88 Å².